The van der Waals surface area contributed by atoms with Crippen molar-refractivity contribution in [3.63, 3.8) is 0 Å². The number of nitrogens with zero attached hydrogens (tertiary/aromatic N) is 2. The average Bonchev–Trinajstić information content (AvgIpc) is 3.32. The molecule has 0 atom stereocenters. The van der Waals surface area contributed by atoms with E-state index in [0.29, 0.717) is 17.5 Å². The van der Waals surface area contributed by atoms with Crippen LogP contribution in [0, 0.1) is 0 Å². The Bertz CT molecular complexity index is 763. The molecule has 1 amide bonds. The number of ether oxygens (including phenoxy) is 2. The average molecular weight is 355 g/mol. The molecule has 138 valence electrons. The van der Waals surface area contributed by atoms with Gasteiger partial charge in [-0.25, -0.2) is 4.68 Å². The molecular weight excluding hydrogens is 330 g/mol. The number of amides is 1. The molecule has 0 bridgehead atoms. The molecule has 26 heavy (non-hydrogen) atoms. The predicted octanol–water partition coefficient (Wildman–Crippen LogP) is 3.75. The molecule has 6 nitrogen and oxygen atoms in total. The van der Waals surface area contributed by atoms with Gasteiger partial charge in [0.05, 0.1) is 19.3 Å². The summed E-state index contributed by atoms with van der Waals surface area (Å²) < 4.78 is 12.9. The maximum atomic E-state index is 12.3. The van der Waals surface area contributed by atoms with E-state index in [2.05, 4.69) is 17.0 Å². The van der Waals surface area contributed by atoms with Crippen LogP contribution in [-0.4, -0.2) is 29.4 Å². The number of benzene rings is 1. The van der Waals surface area contributed by atoms with E-state index < -0.39 is 0 Å². The van der Waals surface area contributed by atoms with Gasteiger partial charge in [-0.15, -0.1) is 6.58 Å². The summed E-state index contributed by atoms with van der Waals surface area (Å²) >= 11 is 0. The molecule has 0 spiro atoms. The van der Waals surface area contributed by atoms with Gasteiger partial charge in [-0.05, 0) is 37.0 Å². The smallest absolute Gasteiger partial charge is 0.263 e. The van der Waals surface area contributed by atoms with Gasteiger partial charge in [-0.2, -0.15) is 5.10 Å². The first kappa shape index (κ1) is 18.0. The Kier molecular flexibility index (Phi) is 5.94. The third kappa shape index (κ3) is 4.25. The van der Waals surface area contributed by atoms with E-state index in [1.807, 2.05) is 35.0 Å². The van der Waals surface area contributed by atoms with E-state index in [0.717, 1.165) is 30.6 Å². The number of hydrogen-bond acceptors (Lipinski definition) is 4. The highest BCUT2D eigenvalue weighted by Crippen LogP contribution is 2.31. The number of hydrogen-bond donors (Lipinski definition) is 1. The Hall–Kier alpha value is -2.76. The molecule has 0 saturated heterocycles. The number of allylic oxidation sites excluding steroid dienone is 1. The van der Waals surface area contributed by atoms with Gasteiger partial charge in [0.25, 0.3) is 5.91 Å². The van der Waals surface area contributed by atoms with Gasteiger partial charge in [0.15, 0.2) is 18.1 Å². The van der Waals surface area contributed by atoms with Gasteiger partial charge >= 0.3 is 0 Å². The predicted molar refractivity (Wildman–Crippen MR) is 101 cm³/mol. The zero-order valence-corrected chi connectivity index (χ0v) is 15.1. The van der Waals surface area contributed by atoms with Crippen molar-refractivity contribution in [2.75, 3.05) is 19.0 Å². The normalized spacial score (nSPS) is 14.2. The largest absolute Gasteiger partial charge is 0.493 e. The standard InChI is InChI=1S/C20H25N3O3/c1-3-6-15-9-10-17(18(13-15)25-2)26-14-20(24)22-19-11-12-21-23(19)16-7-4-5-8-16/h3,9-13,16H,1,4-8,14H2,2H3,(H,22,24). The highest BCUT2D eigenvalue weighted by molar-refractivity contribution is 5.91. The molecule has 1 N–H and O–H groups in total. The summed E-state index contributed by atoms with van der Waals surface area (Å²) in [5, 5.41) is 7.25. The van der Waals surface area contributed by atoms with Crippen LogP contribution in [0.1, 0.15) is 37.3 Å². The number of carbonyl (C=O) groups is 1. The number of nitrogens with one attached hydrogen (secondary N) is 1. The van der Waals surface area contributed by atoms with Crippen molar-refractivity contribution in [1.82, 2.24) is 9.78 Å². The molecule has 1 fully saturated rings. The van der Waals surface area contributed by atoms with E-state index in [1.165, 1.54) is 12.8 Å². The van der Waals surface area contributed by atoms with Crippen LogP contribution in [0.5, 0.6) is 11.5 Å². The van der Waals surface area contributed by atoms with Crippen molar-refractivity contribution in [2.45, 2.75) is 38.1 Å². The summed E-state index contributed by atoms with van der Waals surface area (Å²) in [6.45, 7) is 3.64. The van der Waals surface area contributed by atoms with E-state index in [-0.39, 0.29) is 12.5 Å². The second-order valence-corrected chi connectivity index (χ2v) is 6.41. The minimum atomic E-state index is -0.220. The molecule has 0 radical (unpaired) electrons. The molecule has 1 heterocycles. The van der Waals surface area contributed by atoms with Crippen molar-refractivity contribution >= 4 is 11.7 Å². The zero-order chi connectivity index (χ0) is 18.4. The molecule has 3 rings (SSSR count). The number of aromatic nitrogens is 2. The molecule has 1 saturated carbocycles. The molecule has 1 aromatic carbocycles. The lowest BCUT2D eigenvalue weighted by atomic mass is 10.1. The second kappa shape index (κ2) is 8.56. The fraction of sp³-hybridized carbons (Fsp3) is 0.400. The summed E-state index contributed by atoms with van der Waals surface area (Å²) in [7, 11) is 1.58. The van der Waals surface area contributed by atoms with Gasteiger partial charge in [0.2, 0.25) is 0 Å². The van der Waals surface area contributed by atoms with E-state index in [9.17, 15) is 4.79 Å². The Labute approximate surface area is 153 Å². The van der Waals surface area contributed by atoms with Crippen LogP contribution in [0.3, 0.4) is 0 Å². The number of carbonyl (C=O) groups excluding carboxylic acids is 1. The molecule has 1 aromatic heterocycles. The van der Waals surface area contributed by atoms with Crippen molar-refractivity contribution in [2.24, 2.45) is 0 Å². The summed E-state index contributed by atoms with van der Waals surface area (Å²) in [5.74, 6) is 1.65. The Morgan fingerprint density at radius 2 is 2.15 bits per heavy atom. The van der Waals surface area contributed by atoms with Crippen LogP contribution in [0.15, 0.2) is 43.1 Å². The fourth-order valence-electron chi connectivity index (χ4n) is 3.30. The maximum Gasteiger partial charge on any atom is 0.263 e. The quantitative estimate of drug-likeness (QED) is 0.733. The second-order valence-electron chi connectivity index (χ2n) is 6.41. The molecule has 1 aliphatic carbocycles. The molecule has 2 aromatic rings. The third-order valence-electron chi connectivity index (χ3n) is 4.58. The monoisotopic (exact) mass is 355 g/mol. The lowest BCUT2D eigenvalue weighted by Crippen LogP contribution is -2.23. The summed E-state index contributed by atoms with van der Waals surface area (Å²) in [6.07, 6.45) is 8.94. The van der Waals surface area contributed by atoms with E-state index in [1.54, 1.807) is 13.3 Å². The Balaban J connectivity index is 1.59. The van der Waals surface area contributed by atoms with Crippen LogP contribution >= 0.6 is 0 Å². The fourth-order valence-corrected chi connectivity index (χ4v) is 3.30. The van der Waals surface area contributed by atoms with Crippen molar-refractivity contribution in [1.29, 1.82) is 0 Å². The summed E-state index contributed by atoms with van der Waals surface area (Å²) in [4.78, 5) is 12.3. The summed E-state index contributed by atoms with van der Waals surface area (Å²) in [6, 6.07) is 7.84. The van der Waals surface area contributed by atoms with Crippen LogP contribution in [0.25, 0.3) is 0 Å². The van der Waals surface area contributed by atoms with Crippen molar-refractivity contribution < 1.29 is 14.3 Å². The Morgan fingerprint density at radius 3 is 2.88 bits per heavy atom. The van der Waals surface area contributed by atoms with E-state index in [4.69, 9.17) is 9.47 Å². The van der Waals surface area contributed by atoms with Gasteiger partial charge in [-0.1, -0.05) is 25.0 Å². The number of rotatable bonds is 8. The van der Waals surface area contributed by atoms with Crippen LogP contribution in [0.4, 0.5) is 5.82 Å². The SMILES string of the molecule is C=CCc1ccc(OCC(=O)Nc2ccnn2C2CCCC2)c(OC)c1. The van der Waals surface area contributed by atoms with Crippen molar-refractivity contribution in [3.05, 3.63) is 48.7 Å². The first-order chi connectivity index (χ1) is 12.7. The lowest BCUT2D eigenvalue weighted by Gasteiger charge is -2.15. The number of anilines is 1. The highest BCUT2D eigenvalue weighted by atomic mass is 16.5. The topological polar surface area (TPSA) is 65.4 Å². The molecule has 0 aliphatic heterocycles. The maximum absolute atomic E-state index is 12.3. The lowest BCUT2D eigenvalue weighted by molar-refractivity contribution is -0.118. The molecule has 0 unspecified atom stereocenters. The highest BCUT2D eigenvalue weighted by Gasteiger charge is 2.20. The van der Waals surface area contributed by atoms with E-state index >= 15 is 0 Å². The molecule has 1 aliphatic rings. The first-order valence-electron chi connectivity index (χ1n) is 8.95. The van der Waals surface area contributed by atoms with Crippen LogP contribution in [0.2, 0.25) is 0 Å². The number of methoxy groups -OCH3 is 1. The minimum Gasteiger partial charge on any atom is -0.493 e. The van der Waals surface area contributed by atoms with Crippen LogP contribution < -0.4 is 14.8 Å². The van der Waals surface area contributed by atoms with Gasteiger partial charge in [-0.3, -0.25) is 4.79 Å². The van der Waals surface area contributed by atoms with Gasteiger partial charge < -0.3 is 14.8 Å². The first-order valence-corrected chi connectivity index (χ1v) is 8.95. The molecule has 6 heteroatoms. The van der Waals surface area contributed by atoms with Crippen LogP contribution in [-0.2, 0) is 11.2 Å². The van der Waals surface area contributed by atoms with Gasteiger partial charge in [0, 0.05) is 6.07 Å². The Morgan fingerprint density at radius 1 is 1.35 bits per heavy atom. The van der Waals surface area contributed by atoms with Crippen molar-refractivity contribution in [3.8, 4) is 11.5 Å². The summed E-state index contributed by atoms with van der Waals surface area (Å²) in [5.41, 5.74) is 1.08. The minimum absolute atomic E-state index is 0.0903. The zero-order valence-electron chi connectivity index (χ0n) is 15.1. The third-order valence-corrected chi connectivity index (χ3v) is 4.58. The molecular formula is C20H25N3O3. The van der Waals surface area contributed by atoms with Gasteiger partial charge in [0.1, 0.15) is 5.82 Å².